The number of fused-ring (bicyclic) bond motifs is 1. The maximum absolute atomic E-state index is 12.9. The van der Waals surface area contributed by atoms with Crippen molar-refractivity contribution in [2.75, 3.05) is 12.4 Å². The van der Waals surface area contributed by atoms with Crippen LogP contribution in [0.2, 0.25) is 5.02 Å². The lowest BCUT2D eigenvalue weighted by atomic mass is 10.1. The Morgan fingerprint density at radius 3 is 2.53 bits per heavy atom. The van der Waals surface area contributed by atoms with E-state index in [9.17, 15) is 9.59 Å². The molecule has 6 nitrogen and oxygen atoms in total. The topological polar surface area (TPSA) is 73.2 Å². The Hall–Kier alpha value is -3.64. The molecule has 0 atom stereocenters. The maximum atomic E-state index is 12.9. The van der Waals surface area contributed by atoms with Crippen LogP contribution >= 0.6 is 11.6 Å². The van der Waals surface area contributed by atoms with Crippen LogP contribution in [-0.2, 0) is 0 Å². The molecule has 1 amide bonds. The number of amides is 1. The molecule has 4 aromatic rings. The molecule has 1 heterocycles. The number of hydrogen-bond donors (Lipinski definition) is 1. The summed E-state index contributed by atoms with van der Waals surface area (Å²) in [6.45, 7) is 1.79. The maximum Gasteiger partial charge on any atom is 0.265 e. The molecule has 3 aromatic carbocycles. The molecule has 0 saturated carbocycles. The summed E-state index contributed by atoms with van der Waals surface area (Å²) in [6, 6.07) is 19.1. The number of hydrogen-bond acceptors (Lipinski definition) is 4. The Morgan fingerprint density at radius 2 is 1.80 bits per heavy atom. The molecule has 0 aliphatic heterocycles. The van der Waals surface area contributed by atoms with Gasteiger partial charge in [-0.15, -0.1) is 0 Å². The van der Waals surface area contributed by atoms with Gasteiger partial charge in [-0.05, 0) is 61.5 Å². The molecule has 0 radical (unpaired) electrons. The Morgan fingerprint density at radius 1 is 1.07 bits per heavy atom. The molecular weight excluding hydrogens is 402 g/mol. The van der Waals surface area contributed by atoms with Gasteiger partial charge in [-0.25, -0.2) is 4.98 Å². The number of halogens is 1. The fraction of sp³-hybridized carbons (Fsp3) is 0.0870. The number of benzene rings is 3. The first-order valence-electron chi connectivity index (χ1n) is 9.21. The molecule has 0 unspecified atom stereocenters. The minimum absolute atomic E-state index is 0.138. The fourth-order valence-corrected chi connectivity index (χ4v) is 3.45. The molecule has 0 bridgehead atoms. The van der Waals surface area contributed by atoms with Crippen LogP contribution in [0.15, 0.2) is 71.5 Å². The third kappa shape index (κ3) is 3.65. The summed E-state index contributed by atoms with van der Waals surface area (Å²) in [5.74, 6) is 0.652. The lowest BCUT2D eigenvalue weighted by Crippen LogP contribution is -2.22. The van der Waals surface area contributed by atoms with Gasteiger partial charge in [0.2, 0.25) is 0 Å². The van der Waals surface area contributed by atoms with Crippen molar-refractivity contribution in [1.82, 2.24) is 9.55 Å². The lowest BCUT2D eigenvalue weighted by molar-refractivity contribution is 0.102. The van der Waals surface area contributed by atoms with E-state index in [1.54, 1.807) is 60.0 Å². The summed E-state index contributed by atoms with van der Waals surface area (Å²) in [5.41, 5.74) is 2.15. The first-order chi connectivity index (χ1) is 14.5. The quantitative estimate of drug-likeness (QED) is 0.524. The van der Waals surface area contributed by atoms with Crippen LogP contribution in [0.5, 0.6) is 5.75 Å². The highest BCUT2D eigenvalue weighted by molar-refractivity contribution is 6.31. The lowest BCUT2D eigenvalue weighted by Gasteiger charge is -2.12. The number of aryl methyl sites for hydroxylation is 1. The van der Waals surface area contributed by atoms with Crippen molar-refractivity contribution in [3.8, 4) is 11.4 Å². The van der Waals surface area contributed by atoms with E-state index in [2.05, 4.69) is 10.3 Å². The largest absolute Gasteiger partial charge is 0.496 e. The number of para-hydroxylation sites is 1. The second kappa shape index (κ2) is 8.00. The van der Waals surface area contributed by atoms with Gasteiger partial charge in [0.15, 0.2) is 0 Å². The molecule has 0 aliphatic carbocycles. The van der Waals surface area contributed by atoms with Gasteiger partial charge in [0.05, 0.1) is 29.3 Å². The highest BCUT2D eigenvalue weighted by atomic mass is 35.5. The molecule has 0 saturated heterocycles. The zero-order valence-electron chi connectivity index (χ0n) is 16.3. The zero-order valence-corrected chi connectivity index (χ0v) is 17.1. The summed E-state index contributed by atoms with van der Waals surface area (Å²) in [6.07, 6.45) is 0. The van der Waals surface area contributed by atoms with E-state index in [1.165, 1.54) is 7.11 Å². The van der Waals surface area contributed by atoms with E-state index in [0.29, 0.717) is 44.4 Å². The van der Waals surface area contributed by atoms with E-state index in [1.807, 2.05) is 18.2 Å². The van der Waals surface area contributed by atoms with Crippen LogP contribution in [0, 0.1) is 6.92 Å². The smallest absolute Gasteiger partial charge is 0.265 e. The summed E-state index contributed by atoms with van der Waals surface area (Å²) in [7, 11) is 1.48. The van der Waals surface area contributed by atoms with Gasteiger partial charge < -0.3 is 10.1 Å². The van der Waals surface area contributed by atoms with Crippen molar-refractivity contribution in [3.63, 3.8) is 0 Å². The first kappa shape index (κ1) is 19.7. The summed E-state index contributed by atoms with van der Waals surface area (Å²) in [5, 5.41) is 3.86. The fourth-order valence-electron chi connectivity index (χ4n) is 3.29. The number of carbonyl (C=O) groups is 1. The Bertz CT molecular complexity index is 1310. The van der Waals surface area contributed by atoms with Gasteiger partial charge in [-0.1, -0.05) is 23.7 Å². The second-order valence-corrected chi connectivity index (χ2v) is 7.10. The molecule has 1 N–H and O–H groups in total. The van der Waals surface area contributed by atoms with Crippen LogP contribution in [0.4, 0.5) is 5.69 Å². The molecule has 0 aliphatic rings. The third-order valence-corrected chi connectivity index (χ3v) is 4.97. The van der Waals surface area contributed by atoms with Crippen LogP contribution < -0.4 is 15.6 Å². The number of carbonyl (C=O) groups excluding carboxylic acids is 1. The predicted octanol–water partition coefficient (Wildman–Crippen LogP) is 4.61. The monoisotopic (exact) mass is 419 g/mol. The molecule has 150 valence electrons. The molecular formula is C23H18ClN3O3. The minimum atomic E-state index is -0.322. The third-order valence-electron chi connectivity index (χ3n) is 4.73. The molecule has 4 rings (SSSR count). The average Bonchev–Trinajstić information content (AvgIpc) is 2.74. The average molecular weight is 420 g/mol. The van der Waals surface area contributed by atoms with Gasteiger partial charge in [0, 0.05) is 10.7 Å². The number of anilines is 1. The van der Waals surface area contributed by atoms with E-state index in [0.717, 1.165) is 0 Å². The minimum Gasteiger partial charge on any atom is -0.496 e. The highest BCUT2D eigenvalue weighted by Crippen LogP contribution is 2.24. The Kier molecular flexibility index (Phi) is 5.25. The van der Waals surface area contributed by atoms with Crippen LogP contribution in [-0.4, -0.2) is 22.6 Å². The number of aromatic nitrogens is 2. The van der Waals surface area contributed by atoms with E-state index in [4.69, 9.17) is 16.3 Å². The van der Waals surface area contributed by atoms with Crippen LogP contribution in [0.3, 0.4) is 0 Å². The molecule has 1 aromatic heterocycles. The van der Waals surface area contributed by atoms with Crippen LogP contribution in [0.1, 0.15) is 16.2 Å². The number of rotatable bonds is 4. The second-order valence-electron chi connectivity index (χ2n) is 6.66. The van der Waals surface area contributed by atoms with E-state index < -0.39 is 0 Å². The molecule has 7 heteroatoms. The molecule has 30 heavy (non-hydrogen) atoms. The van der Waals surface area contributed by atoms with Crippen LogP contribution in [0.25, 0.3) is 16.6 Å². The van der Waals surface area contributed by atoms with Crippen molar-refractivity contribution < 1.29 is 9.53 Å². The number of methoxy groups -OCH3 is 1. The molecule has 0 fully saturated rings. The number of nitrogens with one attached hydrogen (secondary N) is 1. The van der Waals surface area contributed by atoms with Crippen molar-refractivity contribution in [3.05, 3.63) is 93.5 Å². The van der Waals surface area contributed by atoms with Gasteiger partial charge in [-0.3, -0.25) is 14.2 Å². The van der Waals surface area contributed by atoms with Gasteiger partial charge in [0.1, 0.15) is 11.6 Å². The van der Waals surface area contributed by atoms with Gasteiger partial charge in [0.25, 0.3) is 11.5 Å². The predicted molar refractivity (Wildman–Crippen MR) is 118 cm³/mol. The van der Waals surface area contributed by atoms with Gasteiger partial charge in [-0.2, -0.15) is 0 Å². The van der Waals surface area contributed by atoms with E-state index in [-0.39, 0.29) is 11.5 Å². The normalized spacial score (nSPS) is 10.8. The van der Waals surface area contributed by atoms with Crippen molar-refractivity contribution in [1.29, 1.82) is 0 Å². The number of ether oxygens (including phenoxy) is 1. The Balaban J connectivity index is 1.64. The standard InChI is InChI=1S/C23H18ClN3O3/c1-14-25-20-6-4-3-5-18(20)23(29)27(14)17-10-8-16(9-11-17)26-22(28)19-12-7-15(24)13-21(19)30-2/h3-13H,1-2H3,(H,26,28). The summed E-state index contributed by atoms with van der Waals surface area (Å²) >= 11 is 5.95. The highest BCUT2D eigenvalue weighted by Gasteiger charge is 2.14. The van der Waals surface area contributed by atoms with Crippen molar-refractivity contribution in [2.24, 2.45) is 0 Å². The van der Waals surface area contributed by atoms with E-state index >= 15 is 0 Å². The summed E-state index contributed by atoms with van der Waals surface area (Å²) < 4.78 is 6.78. The summed E-state index contributed by atoms with van der Waals surface area (Å²) in [4.78, 5) is 30.1. The zero-order chi connectivity index (χ0) is 21.3. The first-order valence-corrected chi connectivity index (χ1v) is 9.59. The SMILES string of the molecule is COc1cc(Cl)ccc1C(=O)Nc1ccc(-n2c(C)nc3ccccc3c2=O)cc1. The number of nitrogens with zero attached hydrogens (tertiary/aromatic N) is 2. The molecule has 0 spiro atoms. The van der Waals surface area contributed by atoms with Gasteiger partial charge >= 0.3 is 0 Å². The Labute approximate surface area is 177 Å². The van der Waals surface area contributed by atoms with Crippen molar-refractivity contribution >= 4 is 34.1 Å². The van der Waals surface area contributed by atoms with Crippen molar-refractivity contribution in [2.45, 2.75) is 6.92 Å².